The van der Waals surface area contributed by atoms with Gasteiger partial charge in [-0.15, -0.1) is 0 Å². The molecule has 0 spiro atoms. The van der Waals surface area contributed by atoms with Gasteiger partial charge in [0.1, 0.15) is 17.6 Å². The van der Waals surface area contributed by atoms with Crippen LogP contribution in [0.25, 0.3) is 0 Å². The van der Waals surface area contributed by atoms with Gasteiger partial charge in [-0.05, 0) is 26.1 Å². The highest BCUT2D eigenvalue weighted by Gasteiger charge is 2.22. The van der Waals surface area contributed by atoms with E-state index in [1.165, 1.54) is 0 Å². The Morgan fingerprint density at radius 3 is 2.94 bits per heavy atom. The number of piperazine rings is 1. The SMILES string of the molecule is C[C@H]1CN(C)CCN1c1cccc(C#N)n1. The molecule has 0 radical (unpaired) electrons. The number of nitriles is 1. The molecule has 1 aliphatic rings. The molecule has 0 aliphatic carbocycles. The minimum atomic E-state index is 0.445. The monoisotopic (exact) mass is 216 g/mol. The highest BCUT2D eigenvalue weighted by atomic mass is 15.3. The van der Waals surface area contributed by atoms with Crippen molar-refractivity contribution in [3.05, 3.63) is 23.9 Å². The fourth-order valence-corrected chi connectivity index (χ4v) is 2.13. The molecule has 16 heavy (non-hydrogen) atoms. The van der Waals surface area contributed by atoms with Crippen molar-refractivity contribution in [2.75, 3.05) is 31.6 Å². The number of pyridine rings is 1. The van der Waals surface area contributed by atoms with Crippen molar-refractivity contribution in [1.29, 1.82) is 5.26 Å². The smallest absolute Gasteiger partial charge is 0.142 e. The van der Waals surface area contributed by atoms with E-state index in [9.17, 15) is 0 Å². The molecule has 0 bridgehead atoms. The lowest BCUT2D eigenvalue weighted by atomic mass is 10.2. The van der Waals surface area contributed by atoms with Crippen LogP contribution in [0, 0.1) is 11.3 Å². The van der Waals surface area contributed by atoms with Gasteiger partial charge in [-0.25, -0.2) is 4.98 Å². The van der Waals surface area contributed by atoms with Crippen molar-refractivity contribution < 1.29 is 0 Å². The van der Waals surface area contributed by atoms with Crippen LogP contribution in [-0.2, 0) is 0 Å². The molecule has 2 heterocycles. The van der Waals surface area contributed by atoms with Gasteiger partial charge in [0.2, 0.25) is 0 Å². The molecule has 0 saturated carbocycles. The van der Waals surface area contributed by atoms with Crippen LogP contribution in [0.2, 0.25) is 0 Å². The van der Waals surface area contributed by atoms with Gasteiger partial charge in [0.15, 0.2) is 0 Å². The molecule has 1 aliphatic heterocycles. The summed E-state index contributed by atoms with van der Waals surface area (Å²) in [5, 5.41) is 8.83. The molecule has 2 rings (SSSR count). The zero-order valence-corrected chi connectivity index (χ0v) is 9.72. The van der Waals surface area contributed by atoms with E-state index in [4.69, 9.17) is 5.26 Å². The quantitative estimate of drug-likeness (QED) is 0.705. The summed E-state index contributed by atoms with van der Waals surface area (Å²) in [6.45, 7) is 5.25. The Labute approximate surface area is 96.1 Å². The van der Waals surface area contributed by atoms with Crippen LogP contribution in [0.3, 0.4) is 0 Å². The number of nitrogens with zero attached hydrogens (tertiary/aromatic N) is 4. The zero-order chi connectivity index (χ0) is 11.5. The van der Waals surface area contributed by atoms with Gasteiger partial charge in [-0.1, -0.05) is 6.07 Å². The molecule has 84 valence electrons. The van der Waals surface area contributed by atoms with Crippen molar-refractivity contribution in [1.82, 2.24) is 9.88 Å². The molecule has 4 nitrogen and oxygen atoms in total. The van der Waals surface area contributed by atoms with E-state index in [0.29, 0.717) is 11.7 Å². The Balaban J connectivity index is 2.20. The third kappa shape index (κ3) is 2.15. The first kappa shape index (κ1) is 10.9. The lowest BCUT2D eigenvalue weighted by molar-refractivity contribution is 0.274. The number of aromatic nitrogens is 1. The fraction of sp³-hybridized carbons (Fsp3) is 0.500. The second-order valence-electron chi connectivity index (χ2n) is 4.30. The maximum absolute atomic E-state index is 8.83. The van der Waals surface area contributed by atoms with Crippen molar-refractivity contribution in [3.8, 4) is 6.07 Å². The van der Waals surface area contributed by atoms with Crippen LogP contribution in [0.1, 0.15) is 12.6 Å². The first-order chi connectivity index (χ1) is 7.70. The fourth-order valence-electron chi connectivity index (χ4n) is 2.13. The van der Waals surface area contributed by atoms with Gasteiger partial charge in [0.05, 0.1) is 0 Å². The standard InChI is InChI=1S/C12H16N4/c1-10-9-15(2)6-7-16(10)12-5-3-4-11(8-13)14-12/h3-5,10H,6-7,9H2,1-2H3/t10-/m0/s1. The third-order valence-electron chi connectivity index (χ3n) is 2.97. The Morgan fingerprint density at radius 2 is 2.25 bits per heavy atom. The molecule has 1 atom stereocenters. The van der Waals surface area contributed by atoms with Crippen LogP contribution in [0.5, 0.6) is 0 Å². The van der Waals surface area contributed by atoms with Crippen LogP contribution in [0.4, 0.5) is 5.82 Å². The molecule has 4 heteroatoms. The maximum atomic E-state index is 8.83. The largest absolute Gasteiger partial charge is 0.351 e. The average Bonchev–Trinajstić information content (AvgIpc) is 2.29. The van der Waals surface area contributed by atoms with Crippen LogP contribution in [0.15, 0.2) is 18.2 Å². The normalized spacial score (nSPS) is 21.8. The summed E-state index contributed by atoms with van der Waals surface area (Å²) in [5.41, 5.74) is 0.489. The Morgan fingerprint density at radius 1 is 1.44 bits per heavy atom. The number of likely N-dealkylation sites (N-methyl/N-ethyl adjacent to an activating group) is 1. The minimum absolute atomic E-state index is 0.445. The Hall–Kier alpha value is -1.60. The van der Waals surface area contributed by atoms with E-state index in [1.54, 1.807) is 6.07 Å². The number of rotatable bonds is 1. The zero-order valence-electron chi connectivity index (χ0n) is 9.72. The van der Waals surface area contributed by atoms with E-state index in [-0.39, 0.29) is 0 Å². The molecule has 0 unspecified atom stereocenters. The minimum Gasteiger partial charge on any atom is -0.351 e. The molecular weight excluding hydrogens is 200 g/mol. The van der Waals surface area contributed by atoms with Gasteiger partial charge in [0.25, 0.3) is 0 Å². The highest BCUT2D eigenvalue weighted by molar-refractivity contribution is 5.43. The lowest BCUT2D eigenvalue weighted by Gasteiger charge is -2.39. The summed E-state index contributed by atoms with van der Waals surface area (Å²) in [4.78, 5) is 8.92. The average molecular weight is 216 g/mol. The molecule has 0 aromatic carbocycles. The van der Waals surface area contributed by atoms with E-state index < -0.39 is 0 Å². The predicted molar refractivity (Wildman–Crippen MR) is 63.3 cm³/mol. The van der Waals surface area contributed by atoms with E-state index >= 15 is 0 Å². The number of hydrogen-bond donors (Lipinski definition) is 0. The Bertz CT molecular complexity index is 410. The van der Waals surface area contributed by atoms with Gasteiger partial charge in [0, 0.05) is 25.7 Å². The summed E-state index contributed by atoms with van der Waals surface area (Å²) < 4.78 is 0. The van der Waals surface area contributed by atoms with Crippen LogP contribution < -0.4 is 4.90 Å². The summed E-state index contributed by atoms with van der Waals surface area (Å²) in [6, 6.07) is 8.14. The van der Waals surface area contributed by atoms with Gasteiger partial charge >= 0.3 is 0 Å². The molecule has 0 N–H and O–H groups in total. The topological polar surface area (TPSA) is 43.2 Å². The van der Waals surface area contributed by atoms with Crippen molar-refractivity contribution in [2.45, 2.75) is 13.0 Å². The van der Waals surface area contributed by atoms with Crippen LogP contribution in [-0.4, -0.2) is 42.6 Å². The van der Waals surface area contributed by atoms with Crippen molar-refractivity contribution in [2.24, 2.45) is 0 Å². The van der Waals surface area contributed by atoms with E-state index in [2.05, 4.69) is 34.8 Å². The molecule has 1 fully saturated rings. The maximum Gasteiger partial charge on any atom is 0.142 e. The molecular formula is C12H16N4. The molecule has 1 aromatic heterocycles. The highest BCUT2D eigenvalue weighted by Crippen LogP contribution is 2.17. The first-order valence-corrected chi connectivity index (χ1v) is 5.53. The first-order valence-electron chi connectivity index (χ1n) is 5.53. The van der Waals surface area contributed by atoms with E-state index in [1.807, 2.05) is 12.1 Å². The van der Waals surface area contributed by atoms with Gasteiger partial charge < -0.3 is 9.80 Å². The third-order valence-corrected chi connectivity index (χ3v) is 2.97. The summed E-state index contributed by atoms with van der Waals surface area (Å²) in [7, 11) is 2.13. The van der Waals surface area contributed by atoms with E-state index in [0.717, 1.165) is 25.5 Å². The number of anilines is 1. The Kier molecular flexibility index (Phi) is 3.07. The summed E-state index contributed by atoms with van der Waals surface area (Å²) in [5.74, 6) is 0.916. The molecule has 0 amide bonds. The van der Waals surface area contributed by atoms with Crippen LogP contribution >= 0.6 is 0 Å². The van der Waals surface area contributed by atoms with Gasteiger partial charge in [-0.3, -0.25) is 0 Å². The van der Waals surface area contributed by atoms with Crippen molar-refractivity contribution >= 4 is 5.82 Å². The summed E-state index contributed by atoms with van der Waals surface area (Å²) >= 11 is 0. The second kappa shape index (κ2) is 4.50. The summed E-state index contributed by atoms with van der Waals surface area (Å²) in [6.07, 6.45) is 0. The number of hydrogen-bond acceptors (Lipinski definition) is 4. The molecule has 1 aromatic rings. The second-order valence-corrected chi connectivity index (χ2v) is 4.30. The molecule has 1 saturated heterocycles. The lowest BCUT2D eigenvalue weighted by Crippen LogP contribution is -2.50. The predicted octanol–water partition coefficient (Wildman–Crippen LogP) is 1.09. The van der Waals surface area contributed by atoms with Gasteiger partial charge in [-0.2, -0.15) is 5.26 Å². The van der Waals surface area contributed by atoms with Crippen molar-refractivity contribution in [3.63, 3.8) is 0 Å².